The number of rotatable bonds is 7. The van der Waals surface area contributed by atoms with E-state index < -0.39 is 5.82 Å². The van der Waals surface area contributed by atoms with Gasteiger partial charge in [-0.25, -0.2) is 4.39 Å². The summed E-state index contributed by atoms with van der Waals surface area (Å²) >= 11 is 0. The Bertz CT molecular complexity index is 460. The fourth-order valence-electron chi connectivity index (χ4n) is 1.93. The Morgan fingerprint density at radius 1 is 1.35 bits per heavy atom. The highest BCUT2D eigenvalue weighted by Crippen LogP contribution is 2.19. The molecule has 0 radical (unpaired) electrons. The molecule has 1 aromatic rings. The van der Waals surface area contributed by atoms with Gasteiger partial charge in [-0.2, -0.15) is 0 Å². The molecule has 20 heavy (non-hydrogen) atoms. The van der Waals surface area contributed by atoms with Crippen LogP contribution in [0.4, 0.5) is 4.39 Å². The van der Waals surface area contributed by atoms with Crippen LogP contribution in [-0.4, -0.2) is 18.3 Å². The maximum atomic E-state index is 13.7. The number of halogens is 1. The summed E-state index contributed by atoms with van der Waals surface area (Å²) in [5.74, 6) is 5.64. The summed E-state index contributed by atoms with van der Waals surface area (Å²) in [6, 6.07) is 4.66. The lowest BCUT2D eigenvalue weighted by molar-refractivity contribution is 0.232. The quantitative estimate of drug-likeness (QED) is 0.769. The minimum atomic E-state index is -0.412. The maximum absolute atomic E-state index is 13.7. The first kappa shape index (κ1) is 16.5. The number of hydrogen-bond acceptors (Lipinski definition) is 2. The number of hydrogen-bond donors (Lipinski definition) is 1. The third kappa shape index (κ3) is 5.63. The SMILES string of the molecule is CCCCC(CC)COc1ccc(C#CCO)c(F)c1. The predicted molar refractivity (Wildman–Crippen MR) is 79.2 cm³/mol. The molecule has 0 amide bonds. The number of aliphatic hydroxyl groups excluding tert-OH is 1. The molecule has 0 aromatic heterocycles. The molecule has 0 heterocycles. The van der Waals surface area contributed by atoms with E-state index in [9.17, 15) is 4.39 Å². The molecule has 0 spiro atoms. The zero-order valence-corrected chi connectivity index (χ0v) is 12.3. The Balaban J connectivity index is 2.58. The van der Waals surface area contributed by atoms with Gasteiger partial charge in [-0.3, -0.25) is 0 Å². The van der Waals surface area contributed by atoms with Crippen LogP contribution in [0.3, 0.4) is 0 Å². The number of aliphatic hydroxyl groups is 1. The van der Waals surface area contributed by atoms with Crippen molar-refractivity contribution in [2.75, 3.05) is 13.2 Å². The van der Waals surface area contributed by atoms with E-state index in [1.165, 1.54) is 18.9 Å². The predicted octanol–water partition coefficient (Wildman–Crippen LogP) is 3.76. The molecule has 0 saturated carbocycles. The van der Waals surface area contributed by atoms with Crippen LogP contribution in [0.15, 0.2) is 18.2 Å². The summed E-state index contributed by atoms with van der Waals surface area (Å²) in [7, 11) is 0. The topological polar surface area (TPSA) is 29.5 Å². The van der Waals surface area contributed by atoms with Crippen LogP contribution in [-0.2, 0) is 0 Å². The van der Waals surface area contributed by atoms with Crippen molar-refractivity contribution in [2.45, 2.75) is 39.5 Å². The normalized spacial score (nSPS) is 11.6. The van der Waals surface area contributed by atoms with Gasteiger partial charge in [0.2, 0.25) is 0 Å². The highest BCUT2D eigenvalue weighted by atomic mass is 19.1. The molecule has 0 aliphatic heterocycles. The molecule has 3 heteroatoms. The summed E-state index contributed by atoms with van der Waals surface area (Å²) in [4.78, 5) is 0. The first-order valence-corrected chi connectivity index (χ1v) is 7.23. The van der Waals surface area contributed by atoms with Crippen molar-refractivity contribution in [1.29, 1.82) is 0 Å². The molecule has 1 atom stereocenters. The molecule has 0 saturated heterocycles. The standard InChI is InChI=1S/C17H23FO2/c1-3-5-7-14(4-2)13-20-16-10-9-15(8-6-11-19)17(18)12-16/h9-10,12,14,19H,3-5,7,11,13H2,1-2H3. The monoisotopic (exact) mass is 278 g/mol. The largest absolute Gasteiger partial charge is 0.493 e. The lowest BCUT2D eigenvalue weighted by atomic mass is 10.0. The van der Waals surface area contributed by atoms with Crippen LogP contribution in [0.2, 0.25) is 0 Å². The molecule has 110 valence electrons. The molecule has 1 N–H and O–H groups in total. The van der Waals surface area contributed by atoms with Crippen molar-refractivity contribution in [3.05, 3.63) is 29.6 Å². The highest BCUT2D eigenvalue weighted by Gasteiger charge is 2.08. The van der Waals surface area contributed by atoms with Gasteiger partial charge in [-0.1, -0.05) is 45.0 Å². The van der Waals surface area contributed by atoms with Crippen LogP contribution in [0, 0.1) is 23.6 Å². The molecular formula is C17H23FO2. The molecule has 1 rings (SSSR count). The van der Waals surface area contributed by atoms with Crippen molar-refractivity contribution < 1.29 is 14.2 Å². The van der Waals surface area contributed by atoms with E-state index in [0.717, 1.165) is 12.8 Å². The molecule has 0 fully saturated rings. The maximum Gasteiger partial charge on any atom is 0.142 e. The van der Waals surface area contributed by atoms with Gasteiger partial charge in [0, 0.05) is 6.07 Å². The third-order valence-electron chi connectivity index (χ3n) is 3.27. The lowest BCUT2D eigenvalue weighted by Crippen LogP contribution is -2.11. The fraction of sp³-hybridized carbons (Fsp3) is 0.529. The second-order valence-corrected chi connectivity index (χ2v) is 4.83. The average molecular weight is 278 g/mol. The van der Waals surface area contributed by atoms with Gasteiger partial charge in [-0.05, 0) is 24.5 Å². The number of unbranched alkanes of at least 4 members (excludes halogenated alkanes) is 1. The van der Waals surface area contributed by atoms with Gasteiger partial charge in [0.25, 0.3) is 0 Å². The molecule has 0 aliphatic rings. The van der Waals surface area contributed by atoms with Crippen molar-refractivity contribution in [3.63, 3.8) is 0 Å². The Hall–Kier alpha value is -1.53. The molecule has 1 aromatic carbocycles. The summed E-state index contributed by atoms with van der Waals surface area (Å²) in [5.41, 5.74) is 0.282. The molecule has 0 bridgehead atoms. The van der Waals surface area contributed by atoms with Gasteiger partial charge in [0.15, 0.2) is 0 Å². The summed E-state index contributed by atoms with van der Waals surface area (Å²) < 4.78 is 19.4. The number of ether oxygens (including phenoxy) is 1. The van der Waals surface area contributed by atoms with Crippen LogP contribution in [0.1, 0.15) is 45.1 Å². The van der Waals surface area contributed by atoms with E-state index >= 15 is 0 Å². The molecule has 0 aliphatic carbocycles. The van der Waals surface area contributed by atoms with Crippen LogP contribution >= 0.6 is 0 Å². The third-order valence-corrected chi connectivity index (χ3v) is 3.27. The summed E-state index contributed by atoms with van der Waals surface area (Å²) in [6.07, 6.45) is 4.60. The Morgan fingerprint density at radius 2 is 2.15 bits per heavy atom. The highest BCUT2D eigenvalue weighted by molar-refractivity contribution is 5.39. The molecule has 1 unspecified atom stereocenters. The van der Waals surface area contributed by atoms with E-state index in [4.69, 9.17) is 9.84 Å². The van der Waals surface area contributed by atoms with Gasteiger partial charge in [-0.15, -0.1) is 0 Å². The minimum Gasteiger partial charge on any atom is -0.493 e. The lowest BCUT2D eigenvalue weighted by Gasteiger charge is -2.15. The van der Waals surface area contributed by atoms with Crippen molar-refractivity contribution in [1.82, 2.24) is 0 Å². The summed E-state index contributed by atoms with van der Waals surface area (Å²) in [6.45, 7) is 4.68. The Kier molecular flexibility index (Phi) is 7.75. The van der Waals surface area contributed by atoms with Crippen LogP contribution < -0.4 is 4.74 Å². The van der Waals surface area contributed by atoms with Gasteiger partial charge in [0.05, 0.1) is 12.2 Å². The van der Waals surface area contributed by atoms with Gasteiger partial charge >= 0.3 is 0 Å². The number of benzene rings is 1. The average Bonchev–Trinajstić information content (AvgIpc) is 2.46. The Labute approximate surface area is 121 Å². The van der Waals surface area contributed by atoms with Crippen LogP contribution in [0.5, 0.6) is 5.75 Å². The fourth-order valence-corrected chi connectivity index (χ4v) is 1.93. The molecular weight excluding hydrogens is 255 g/mol. The van der Waals surface area contributed by atoms with Crippen molar-refractivity contribution in [3.8, 4) is 17.6 Å². The van der Waals surface area contributed by atoms with E-state index in [1.54, 1.807) is 12.1 Å². The second-order valence-electron chi connectivity index (χ2n) is 4.83. The minimum absolute atomic E-state index is 0.271. The molecule has 2 nitrogen and oxygen atoms in total. The Morgan fingerprint density at radius 3 is 2.75 bits per heavy atom. The van der Waals surface area contributed by atoms with Gasteiger partial charge in [0.1, 0.15) is 18.2 Å². The van der Waals surface area contributed by atoms with E-state index in [1.807, 2.05) is 0 Å². The first-order chi connectivity index (χ1) is 9.71. The van der Waals surface area contributed by atoms with Crippen LogP contribution in [0.25, 0.3) is 0 Å². The zero-order chi connectivity index (χ0) is 14.8. The zero-order valence-electron chi connectivity index (χ0n) is 12.3. The smallest absolute Gasteiger partial charge is 0.142 e. The van der Waals surface area contributed by atoms with Gasteiger partial charge < -0.3 is 9.84 Å². The van der Waals surface area contributed by atoms with E-state index in [0.29, 0.717) is 18.3 Å². The first-order valence-electron chi connectivity index (χ1n) is 7.23. The van der Waals surface area contributed by atoms with E-state index in [2.05, 4.69) is 25.7 Å². The van der Waals surface area contributed by atoms with Crippen molar-refractivity contribution >= 4 is 0 Å². The second kappa shape index (κ2) is 9.39. The van der Waals surface area contributed by atoms with Crippen molar-refractivity contribution in [2.24, 2.45) is 5.92 Å². The van der Waals surface area contributed by atoms with E-state index in [-0.39, 0.29) is 12.2 Å². The summed E-state index contributed by atoms with van der Waals surface area (Å²) in [5, 5.41) is 8.60.